The van der Waals surface area contributed by atoms with E-state index in [2.05, 4.69) is 5.32 Å². The van der Waals surface area contributed by atoms with Crippen LogP contribution in [-0.2, 0) is 15.9 Å². The summed E-state index contributed by atoms with van der Waals surface area (Å²) in [6.45, 7) is 1.50. The van der Waals surface area contributed by atoms with Crippen molar-refractivity contribution in [3.63, 3.8) is 0 Å². The Morgan fingerprint density at radius 1 is 1.11 bits per heavy atom. The van der Waals surface area contributed by atoms with Crippen molar-refractivity contribution in [1.29, 1.82) is 0 Å². The highest BCUT2D eigenvalue weighted by Crippen LogP contribution is 2.50. The topological polar surface area (TPSA) is 92.0 Å². The first-order valence-electron chi connectivity index (χ1n) is 10.9. The fourth-order valence-electron chi connectivity index (χ4n) is 4.13. The van der Waals surface area contributed by atoms with Crippen LogP contribution in [-0.4, -0.2) is 40.8 Å². The number of amides is 3. The number of carbonyl (C=O) groups excluding carboxylic acids is 2. The molecule has 2 aliphatic rings. The van der Waals surface area contributed by atoms with Crippen LogP contribution in [0.4, 0.5) is 31.1 Å². The number of alkyl halides is 6. The van der Waals surface area contributed by atoms with Crippen molar-refractivity contribution in [2.24, 2.45) is 5.92 Å². The second-order valence-electron chi connectivity index (χ2n) is 8.75. The molecule has 0 spiro atoms. The maximum atomic E-state index is 13.1. The van der Waals surface area contributed by atoms with Gasteiger partial charge in [0.15, 0.2) is 5.54 Å². The number of urea groups is 1. The maximum absolute atomic E-state index is 13.1. The molecule has 2 aromatic rings. The summed E-state index contributed by atoms with van der Waals surface area (Å²) in [6, 6.07) is 5.21. The van der Waals surface area contributed by atoms with E-state index in [1.165, 1.54) is 19.3 Å². The largest absolute Gasteiger partial charge is 0.466 e. The molecule has 13 heteroatoms. The highest BCUT2D eigenvalue weighted by Gasteiger charge is 2.71. The summed E-state index contributed by atoms with van der Waals surface area (Å²) in [5, 5.41) is 12.1. The van der Waals surface area contributed by atoms with Gasteiger partial charge < -0.3 is 19.6 Å². The molecule has 37 heavy (non-hydrogen) atoms. The highest BCUT2D eigenvalue weighted by molar-refractivity contribution is 6.06. The van der Waals surface area contributed by atoms with Gasteiger partial charge >= 0.3 is 18.4 Å². The van der Waals surface area contributed by atoms with Gasteiger partial charge in [-0.2, -0.15) is 26.3 Å². The van der Waals surface area contributed by atoms with Crippen LogP contribution < -0.4 is 10.1 Å². The number of ether oxygens (including phenoxy) is 1. The zero-order chi connectivity index (χ0) is 27.2. The van der Waals surface area contributed by atoms with Gasteiger partial charge in [-0.15, -0.1) is 0 Å². The second kappa shape index (κ2) is 8.98. The molecule has 2 unspecified atom stereocenters. The summed E-state index contributed by atoms with van der Waals surface area (Å²) in [4.78, 5) is 26.5. The Balaban J connectivity index is 1.47. The zero-order valence-corrected chi connectivity index (χ0v) is 19.1. The van der Waals surface area contributed by atoms with Gasteiger partial charge in [-0.05, 0) is 49.8 Å². The van der Waals surface area contributed by atoms with Crippen LogP contribution in [0.3, 0.4) is 0 Å². The van der Waals surface area contributed by atoms with Crippen molar-refractivity contribution in [3.8, 4) is 5.75 Å². The van der Waals surface area contributed by atoms with E-state index in [-0.39, 0.29) is 29.7 Å². The molecule has 7 nitrogen and oxygen atoms in total. The molecule has 4 rings (SSSR count). The number of furan rings is 1. The van der Waals surface area contributed by atoms with E-state index in [0.717, 1.165) is 17.0 Å². The fraction of sp³-hybridized carbons (Fsp3) is 0.333. The summed E-state index contributed by atoms with van der Waals surface area (Å²) >= 11 is 0. The van der Waals surface area contributed by atoms with E-state index in [1.807, 2.05) is 0 Å². The Hall–Kier alpha value is -3.74. The third-order valence-corrected chi connectivity index (χ3v) is 6.16. The van der Waals surface area contributed by atoms with Gasteiger partial charge in [-0.1, -0.05) is 18.2 Å². The van der Waals surface area contributed by atoms with Crippen molar-refractivity contribution >= 4 is 11.9 Å². The second-order valence-corrected chi connectivity index (χ2v) is 8.75. The molecule has 1 saturated heterocycles. The van der Waals surface area contributed by atoms with Crippen molar-refractivity contribution < 1.29 is 50.2 Å². The minimum Gasteiger partial charge on any atom is -0.466 e. The maximum Gasteiger partial charge on any atom is 0.430 e. The average Bonchev–Trinajstić information content (AvgIpc) is 3.42. The fourth-order valence-corrected chi connectivity index (χ4v) is 4.13. The van der Waals surface area contributed by atoms with Gasteiger partial charge in [0.25, 0.3) is 11.5 Å². The number of carbonyl (C=O) groups is 2. The monoisotopic (exact) mass is 530 g/mol. The first kappa shape index (κ1) is 26.3. The molecular formula is C24H20F6N2O5. The molecule has 2 atom stereocenters. The summed E-state index contributed by atoms with van der Waals surface area (Å²) in [5.41, 5.74) is -7.82. The zero-order valence-electron chi connectivity index (χ0n) is 19.1. The van der Waals surface area contributed by atoms with Crippen LogP contribution in [0.1, 0.15) is 24.7 Å². The molecule has 2 heterocycles. The van der Waals surface area contributed by atoms with Crippen LogP contribution >= 0.6 is 0 Å². The molecule has 1 aromatic carbocycles. The van der Waals surface area contributed by atoms with Crippen LogP contribution in [0, 0.1) is 5.92 Å². The van der Waals surface area contributed by atoms with Gasteiger partial charge in [-0.3, -0.25) is 9.69 Å². The number of benzene rings is 1. The lowest BCUT2D eigenvalue weighted by Gasteiger charge is -2.32. The minimum atomic E-state index is -6.00. The summed E-state index contributed by atoms with van der Waals surface area (Å²) in [5.74, 6) is -0.522. The number of imide groups is 1. The van der Waals surface area contributed by atoms with Crippen LogP contribution in [0.2, 0.25) is 0 Å². The Labute approximate surface area is 206 Å². The predicted octanol–water partition coefficient (Wildman–Crippen LogP) is 4.90. The number of hydrogen-bond acceptors (Lipinski definition) is 5. The average molecular weight is 530 g/mol. The van der Waals surface area contributed by atoms with E-state index in [0.29, 0.717) is 18.6 Å². The lowest BCUT2D eigenvalue weighted by atomic mass is 9.92. The Bertz CT molecular complexity index is 1220. The number of aliphatic hydroxyl groups is 1. The van der Waals surface area contributed by atoms with E-state index in [9.17, 15) is 41.0 Å². The van der Waals surface area contributed by atoms with E-state index >= 15 is 0 Å². The van der Waals surface area contributed by atoms with Gasteiger partial charge in [-0.25, -0.2) is 4.79 Å². The molecule has 0 radical (unpaired) electrons. The molecule has 1 fully saturated rings. The van der Waals surface area contributed by atoms with E-state index in [1.54, 1.807) is 24.3 Å². The quantitative estimate of drug-likeness (QED) is 0.410. The first-order chi connectivity index (χ1) is 17.2. The highest BCUT2D eigenvalue weighted by atomic mass is 19.4. The molecule has 0 saturated carbocycles. The third-order valence-electron chi connectivity index (χ3n) is 6.16. The molecule has 1 aliphatic heterocycles. The van der Waals surface area contributed by atoms with E-state index < -0.39 is 41.0 Å². The Morgan fingerprint density at radius 2 is 1.76 bits per heavy atom. The predicted molar refractivity (Wildman–Crippen MR) is 115 cm³/mol. The van der Waals surface area contributed by atoms with Gasteiger partial charge in [0.05, 0.1) is 6.26 Å². The lowest BCUT2D eigenvalue weighted by Crippen LogP contribution is -2.53. The standard InChI is InChI=1S/C24H20F6N2O5/c1-21(18-6-3-11-36-18)19(33)32(20(34)31-21)13-14-4-2-5-17(12-14)37-16-9-7-15(8-10-16)22(35,23(25,26)27)24(28,29)30/h2-3,5-12,14,35H,4,13H2,1H3,(H,31,34). The minimum absolute atomic E-state index is 0.0126. The smallest absolute Gasteiger partial charge is 0.430 e. The van der Waals surface area contributed by atoms with Gasteiger partial charge in [0, 0.05) is 18.0 Å². The normalized spacial score (nSPS) is 22.8. The molecule has 1 aliphatic carbocycles. The van der Waals surface area contributed by atoms with Crippen LogP contribution in [0.25, 0.3) is 0 Å². The van der Waals surface area contributed by atoms with Crippen molar-refractivity contribution in [2.45, 2.75) is 36.8 Å². The number of rotatable bonds is 6. The Kier molecular flexibility index (Phi) is 6.39. The Morgan fingerprint density at radius 3 is 2.32 bits per heavy atom. The molecule has 198 valence electrons. The lowest BCUT2D eigenvalue weighted by molar-refractivity contribution is -0.376. The molecule has 1 aromatic heterocycles. The summed E-state index contributed by atoms with van der Waals surface area (Å²) < 4.78 is 89.3. The van der Waals surface area contributed by atoms with Crippen molar-refractivity contribution in [3.05, 3.63) is 78.0 Å². The number of halogens is 6. The van der Waals surface area contributed by atoms with Gasteiger partial charge in [0.2, 0.25) is 0 Å². The van der Waals surface area contributed by atoms with E-state index in [4.69, 9.17) is 9.15 Å². The molecule has 3 amide bonds. The number of allylic oxidation sites excluding steroid dienone is 2. The number of hydrogen-bond donors (Lipinski definition) is 2. The third kappa shape index (κ3) is 4.59. The van der Waals surface area contributed by atoms with Gasteiger partial charge in [0.1, 0.15) is 17.3 Å². The summed E-state index contributed by atoms with van der Waals surface area (Å²) in [6.07, 6.45) is -5.39. The van der Waals surface area contributed by atoms with Crippen molar-refractivity contribution in [1.82, 2.24) is 10.2 Å². The van der Waals surface area contributed by atoms with Crippen LogP contribution in [0.15, 0.2) is 71.1 Å². The number of nitrogens with zero attached hydrogens (tertiary/aromatic N) is 1. The molecular weight excluding hydrogens is 510 g/mol. The van der Waals surface area contributed by atoms with Crippen molar-refractivity contribution in [2.75, 3.05) is 6.54 Å². The first-order valence-corrected chi connectivity index (χ1v) is 10.9. The molecule has 2 N–H and O–H groups in total. The number of nitrogens with one attached hydrogen (secondary N) is 1. The molecule has 0 bridgehead atoms. The van der Waals surface area contributed by atoms with Crippen LogP contribution in [0.5, 0.6) is 5.75 Å². The summed E-state index contributed by atoms with van der Waals surface area (Å²) in [7, 11) is 0. The SMILES string of the molecule is CC1(c2ccco2)NC(=O)N(CC2C=C(Oc3ccc(C(O)(C(F)(F)F)C(F)(F)F)cc3)C=CC2)C1=O.